The molecule has 0 aliphatic carbocycles. The van der Waals surface area contributed by atoms with Gasteiger partial charge in [0.25, 0.3) is 0 Å². The van der Waals surface area contributed by atoms with E-state index in [4.69, 9.17) is 16.0 Å². The number of hydrogen-bond acceptors (Lipinski definition) is 1. The van der Waals surface area contributed by atoms with Crippen molar-refractivity contribution in [1.29, 1.82) is 0 Å². The molecular weight excluding hydrogens is 241 g/mol. The van der Waals surface area contributed by atoms with Crippen molar-refractivity contribution in [3.63, 3.8) is 0 Å². The van der Waals surface area contributed by atoms with E-state index in [2.05, 4.69) is 6.26 Å². The van der Waals surface area contributed by atoms with Crippen molar-refractivity contribution < 1.29 is 17.6 Å². The summed E-state index contributed by atoms with van der Waals surface area (Å²) in [5.41, 5.74) is -0.555. The molecule has 1 heterocycles. The zero-order chi connectivity index (χ0) is 11.8. The number of alkyl halides is 3. The van der Waals surface area contributed by atoms with Gasteiger partial charge in [-0.2, -0.15) is 13.2 Å². The summed E-state index contributed by atoms with van der Waals surface area (Å²) in [5.74, 6) is 0.260. The van der Waals surface area contributed by atoms with Gasteiger partial charge in [-0.25, -0.2) is 0 Å². The molecule has 1 radical (unpaired) electrons. The van der Waals surface area contributed by atoms with E-state index in [9.17, 15) is 13.2 Å². The van der Waals surface area contributed by atoms with Gasteiger partial charge in [-0.15, -0.1) is 0 Å². The third-order valence-corrected chi connectivity index (χ3v) is 2.36. The van der Waals surface area contributed by atoms with Crippen LogP contribution in [0.15, 0.2) is 34.7 Å². The van der Waals surface area contributed by atoms with Crippen LogP contribution in [0.4, 0.5) is 13.2 Å². The average Bonchev–Trinajstić information content (AvgIpc) is 2.69. The smallest absolute Gasteiger partial charge is 0.416 e. The first-order valence-electron chi connectivity index (χ1n) is 4.31. The summed E-state index contributed by atoms with van der Waals surface area (Å²) >= 11 is 5.80. The van der Waals surface area contributed by atoms with Crippen molar-refractivity contribution in [2.24, 2.45) is 0 Å². The lowest BCUT2D eigenvalue weighted by atomic mass is 10.1. The fourth-order valence-electron chi connectivity index (χ4n) is 1.28. The van der Waals surface area contributed by atoms with Crippen molar-refractivity contribution >= 4 is 11.6 Å². The molecule has 1 nitrogen and oxygen atoms in total. The Labute approximate surface area is 94.4 Å². The highest BCUT2D eigenvalue weighted by molar-refractivity contribution is 6.33. The molecule has 1 aromatic carbocycles. The second-order valence-corrected chi connectivity index (χ2v) is 3.52. The van der Waals surface area contributed by atoms with Crippen LogP contribution in [0.25, 0.3) is 11.3 Å². The van der Waals surface area contributed by atoms with Crippen molar-refractivity contribution in [1.82, 2.24) is 0 Å². The first-order chi connectivity index (χ1) is 7.48. The fraction of sp³-hybridized carbons (Fsp3) is 0.0909. The highest BCUT2D eigenvalue weighted by atomic mass is 35.5. The summed E-state index contributed by atoms with van der Waals surface area (Å²) in [4.78, 5) is 0. The van der Waals surface area contributed by atoms with Gasteiger partial charge < -0.3 is 4.42 Å². The molecule has 0 saturated heterocycles. The summed E-state index contributed by atoms with van der Waals surface area (Å²) < 4.78 is 42.3. The third kappa shape index (κ3) is 2.07. The number of rotatable bonds is 1. The Morgan fingerprint density at radius 1 is 1.19 bits per heavy atom. The summed E-state index contributed by atoms with van der Waals surface area (Å²) in [6.07, 6.45) is -1.99. The minimum atomic E-state index is -4.39. The molecule has 0 amide bonds. The van der Waals surface area contributed by atoms with E-state index in [0.29, 0.717) is 0 Å². The van der Waals surface area contributed by atoms with Gasteiger partial charge in [-0.05, 0) is 30.3 Å². The quantitative estimate of drug-likeness (QED) is 0.725. The van der Waals surface area contributed by atoms with Gasteiger partial charge in [-0.1, -0.05) is 11.6 Å². The zero-order valence-electron chi connectivity index (χ0n) is 7.81. The first-order valence-corrected chi connectivity index (χ1v) is 4.69. The lowest BCUT2D eigenvalue weighted by Gasteiger charge is -2.08. The molecular formula is C11H5ClF3O. The largest absolute Gasteiger partial charge is 0.453 e. The molecule has 1 aromatic heterocycles. The molecule has 2 aromatic rings. The van der Waals surface area contributed by atoms with Crippen LogP contribution < -0.4 is 0 Å². The molecule has 0 N–H and O–H groups in total. The maximum atomic E-state index is 12.5. The standard InChI is InChI=1S/C11H5ClF3O/c12-9-4-3-7(11(13,14)15)6-8(9)10-2-1-5-16-10/h1-4,6H. The molecule has 0 bridgehead atoms. The minimum absolute atomic E-state index is 0.205. The van der Waals surface area contributed by atoms with Gasteiger partial charge in [0.2, 0.25) is 0 Å². The SMILES string of the molecule is FC(F)(F)c1ccc(Cl)c(-c2cc[c]o2)c1. The Morgan fingerprint density at radius 3 is 2.50 bits per heavy atom. The van der Waals surface area contributed by atoms with Gasteiger partial charge in [0.15, 0.2) is 6.26 Å². The molecule has 2 rings (SSSR count). The van der Waals surface area contributed by atoms with E-state index in [0.717, 1.165) is 12.1 Å². The molecule has 83 valence electrons. The van der Waals surface area contributed by atoms with Crippen LogP contribution in [0.5, 0.6) is 0 Å². The fourth-order valence-corrected chi connectivity index (χ4v) is 1.49. The number of furan rings is 1. The zero-order valence-corrected chi connectivity index (χ0v) is 8.56. The second kappa shape index (κ2) is 3.87. The molecule has 0 spiro atoms. The monoisotopic (exact) mass is 245 g/mol. The van der Waals surface area contributed by atoms with Crippen LogP contribution in [0.1, 0.15) is 5.56 Å². The van der Waals surface area contributed by atoms with E-state index in [1.807, 2.05) is 0 Å². The highest BCUT2D eigenvalue weighted by Crippen LogP contribution is 2.35. The molecule has 16 heavy (non-hydrogen) atoms. The van der Waals surface area contributed by atoms with Crippen molar-refractivity contribution in [2.75, 3.05) is 0 Å². The van der Waals surface area contributed by atoms with Crippen LogP contribution in [-0.4, -0.2) is 0 Å². The van der Waals surface area contributed by atoms with E-state index < -0.39 is 11.7 Å². The van der Waals surface area contributed by atoms with Gasteiger partial charge >= 0.3 is 6.18 Å². The Hall–Kier alpha value is -1.42. The van der Waals surface area contributed by atoms with Crippen molar-refractivity contribution in [2.45, 2.75) is 6.18 Å². The van der Waals surface area contributed by atoms with Crippen LogP contribution >= 0.6 is 11.6 Å². The predicted octanol–water partition coefficient (Wildman–Crippen LogP) is 4.42. The lowest BCUT2D eigenvalue weighted by Crippen LogP contribution is -2.04. The second-order valence-electron chi connectivity index (χ2n) is 3.11. The van der Waals surface area contributed by atoms with E-state index in [-0.39, 0.29) is 16.3 Å². The predicted molar refractivity (Wildman–Crippen MR) is 53.0 cm³/mol. The van der Waals surface area contributed by atoms with Crippen molar-refractivity contribution in [3.8, 4) is 11.3 Å². The minimum Gasteiger partial charge on any atom is -0.453 e. The van der Waals surface area contributed by atoms with Crippen LogP contribution in [-0.2, 0) is 6.18 Å². The Balaban J connectivity index is 2.54. The highest BCUT2D eigenvalue weighted by Gasteiger charge is 2.31. The third-order valence-electron chi connectivity index (χ3n) is 2.03. The summed E-state index contributed by atoms with van der Waals surface area (Å²) in [6, 6.07) is 6.04. The Kier molecular flexibility index (Phi) is 2.68. The van der Waals surface area contributed by atoms with Crippen LogP contribution in [0.3, 0.4) is 0 Å². The Bertz CT molecular complexity index is 488. The average molecular weight is 246 g/mol. The molecule has 0 aliphatic rings. The van der Waals surface area contributed by atoms with Gasteiger partial charge in [0, 0.05) is 5.56 Å². The summed E-state index contributed by atoms with van der Waals surface area (Å²) in [5, 5.41) is 0.205. The first kappa shape index (κ1) is 11.1. The normalized spacial score (nSPS) is 11.8. The van der Waals surface area contributed by atoms with E-state index in [1.165, 1.54) is 18.2 Å². The summed E-state index contributed by atoms with van der Waals surface area (Å²) in [7, 11) is 0. The lowest BCUT2D eigenvalue weighted by molar-refractivity contribution is -0.137. The molecule has 0 saturated carbocycles. The van der Waals surface area contributed by atoms with Gasteiger partial charge in [-0.3, -0.25) is 0 Å². The molecule has 5 heteroatoms. The van der Waals surface area contributed by atoms with E-state index >= 15 is 0 Å². The summed E-state index contributed by atoms with van der Waals surface area (Å²) in [6.45, 7) is 0. The van der Waals surface area contributed by atoms with Gasteiger partial charge in [0.05, 0.1) is 10.6 Å². The molecule has 0 aliphatic heterocycles. The molecule has 0 unspecified atom stereocenters. The molecule has 0 atom stereocenters. The van der Waals surface area contributed by atoms with Crippen LogP contribution in [0, 0.1) is 6.26 Å². The maximum absolute atomic E-state index is 12.5. The topological polar surface area (TPSA) is 13.1 Å². The number of halogens is 4. The van der Waals surface area contributed by atoms with E-state index in [1.54, 1.807) is 0 Å². The number of hydrogen-bond donors (Lipinski definition) is 0. The Morgan fingerprint density at radius 2 is 1.94 bits per heavy atom. The molecule has 0 fully saturated rings. The van der Waals surface area contributed by atoms with Crippen LogP contribution in [0.2, 0.25) is 5.02 Å². The number of benzene rings is 1. The van der Waals surface area contributed by atoms with Gasteiger partial charge in [0.1, 0.15) is 5.76 Å². The maximum Gasteiger partial charge on any atom is 0.416 e. The van der Waals surface area contributed by atoms with Crippen molar-refractivity contribution in [3.05, 3.63) is 47.2 Å².